The number of hydrogen-bond donors (Lipinski definition) is 0. The SMILES string of the molecule is CC1(C(=O)c2cc(F)cc(F)c2)CCCCC1. The van der Waals surface area contributed by atoms with Crippen molar-refractivity contribution in [3.05, 3.63) is 35.4 Å². The predicted octanol–water partition coefficient (Wildman–Crippen LogP) is 4.12. The molecule has 17 heavy (non-hydrogen) atoms. The minimum atomic E-state index is -0.687. The minimum absolute atomic E-state index is 0.129. The summed E-state index contributed by atoms with van der Waals surface area (Å²) in [6, 6.07) is 3.05. The average Bonchev–Trinajstić information content (AvgIpc) is 2.27. The monoisotopic (exact) mass is 238 g/mol. The van der Waals surface area contributed by atoms with E-state index in [-0.39, 0.29) is 11.3 Å². The summed E-state index contributed by atoms with van der Waals surface area (Å²) in [6.07, 6.45) is 4.79. The first kappa shape index (κ1) is 12.2. The Bertz CT molecular complexity index is 414. The van der Waals surface area contributed by atoms with E-state index in [1.54, 1.807) is 0 Å². The minimum Gasteiger partial charge on any atom is -0.294 e. The maximum Gasteiger partial charge on any atom is 0.168 e. The number of carbonyl (C=O) groups is 1. The van der Waals surface area contributed by atoms with Gasteiger partial charge in [0.1, 0.15) is 11.6 Å². The number of ketones is 1. The normalized spacial score (nSPS) is 19.0. The van der Waals surface area contributed by atoms with E-state index in [1.807, 2.05) is 6.92 Å². The highest BCUT2D eigenvalue weighted by molar-refractivity contribution is 6.00. The van der Waals surface area contributed by atoms with E-state index < -0.39 is 17.0 Å². The van der Waals surface area contributed by atoms with Crippen LogP contribution in [0.4, 0.5) is 8.78 Å². The molecule has 0 atom stereocenters. The van der Waals surface area contributed by atoms with Crippen molar-refractivity contribution in [2.24, 2.45) is 5.41 Å². The molecule has 0 amide bonds. The molecular weight excluding hydrogens is 222 g/mol. The molecule has 92 valence electrons. The first-order chi connectivity index (χ1) is 8.01. The Morgan fingerprint density at radius 1 is 1.06 bits per heavy atom. The van der Waals surface area contributed by atoms with Gasteiger partial charge >= 0.3 is 0 Å². The molecular formula is C14H16F2O. The molecule has 1 fully saturated rings. The smallest absolute Gasteiger partial charge is 0.168 e. The fourth-order valence-electron chi connectivity index (χ4n) is 2.59. The van der Waals surface area contributed by atoms with E-state index in [2.05, 4.69) is 0 Å². The van der Waals surface area contributed by atoms with Crippen LogP contribution in [0.1, 0.15) is 49.4 Å². The molecule has 0 unspecified atom stereocenters. The second-order valence-electron chi connectivity index (χ2n) is 5.11. The summed E-state index contributed by atoms with van der Waals surface area (Å²) in [5.41, 5.74) is -0.287. The molecule has 0 spiro atoms. The van der Waals surface area contributed by atoms with Crippen molar-refractivity contribution in [3.63, 3.8) is 0 Å². The van der Waals surface area contributed by atoms with Crippen molar-refractivity contribution in [3.8, 4) is 0 Å². The van der Waals surface area contributed by atoms with Gasteiger partial charge in [-0.15, -0.1) is 0 Å². The highest BCUT2D eigenvalue weighted by Crippen LogP contribution is 2.38. The van der Waals surface area contributed by atoms with Crippen molar-refractivity contribution in [2.75, 3.05) is 0 Å². The Hall–Kier alpha value is -1.25. The van der Waals surface area contributed by atoms with Crippen LogP contribution in [0.5, 0.6) is 0 Å². The Balaban J connectivity index is 2.29. The highest BCUT2D eigenvalue weighted by Gasteiger charge is 2.35. The first-order valence-electron chi connectivity index (χ1n) is 6.02. The van der Waals surface area contributed by atoms with E-state index in [9.17, 15) is 13.6 Å². The standard InChI is InChI=1S/C14H16F2O/c1-14(5-3-2-4-6-14)13(17)10-7-11(15)9-12(16)8-10/h7-9H,2-6H2,1H3. The van der Waals surface area contributed by atoms with E-state index in [0.29, 0.717) is 0 Å². The van der Waals surface area contributed by atoms with E-state index in [4.69, 9.17) is 0 Å². The van der Waals surface area contributed by atoms with Gasteiger partial charge in [0, 0.05) is 17.0 Å². The van der Waals surface area contributed by atoms with Gasteiger partial charge in [0.25, 0.3) is 0 Å². The molecule has 0 bridgehead atoms. The summed E-state index contributed by atoms with van der Waals surface area (Å²) in [6.45, 7) is 1.90. The zero-order chi connectivity index (χ0) is 12.5. The zero-order valence-corrected chi connectivity index (χ0v) is 9.93. The topological polar surface area (TPSA) is 17.1 Å². The van der Waals surface area contributed by atoms with Gasteiger partial charge < -0.3 is 0 Å². The molecule has 1 saturated carbocycles. The van der Waals surface area contributed by atoms with Gasteiger partial charge in [-0.3, -0.25) is 4.79 Å². The third kappa shape index (κ3) is 2.54. The molecule has 1 aliphatic carbocycles. The van der Waals surface area contributed by atoms with Crippen LogP contribution in [0, 0.1) is 17.0 Å². The summed E-state index contributed by atoms with van der Waals surface area (Å²) in [5, 5.41) is 0. The van der Waals surface area contributed by atoms with Crippen molar-refractivity contribution < 1.29 is 13.6 Å². The number of carbonyl (C=O) groups excluding carboxylic acids is 1. The number of hydrogen-bond acceptors (Lipinski definition) is 1. The highest BCUT2D eigenvalue weighted by atomic mass is 19.1. The molecule has 0 aliphatic heterocycles. The molecule has 3 heteroatoms. The lowest BCUT2D eigenvalue weighted by molar-refractivity contribution is 0.0748. The second-order valence-corrected chi connectivity index (χ2v) is 5.11. The van der Waals surface area contributed by atoms with Gasteiger partial charge in [-0.25, -0.2) is 8.78 Å². The van der Waals surface area contributed by atoms with Gasteiger partial charge in [-0.05, 0) is 25.0 Å². The summed E-state index contributed by atoms with van der Waals surface area (Å²) in [4.78, 5) is 12.3. The second kappa shape index (κ2) is 4.55. The van der Waals surface area contributed by atoms with Crippen LogP contribution in [-0.4, -0.2) is 5.78 Å². The van der Waals surface area contributed by atoms with Crippen LogP contribution in [-0.2, 0) is 0 Å². The maximum atomic E-state index is 13.1. The molecule has 2 rings (SSSR count). The third-order valence-electron chi connectivity index (χ3n) is 3.63. The molecule has 0 radical (unpaired) electrons. The molecule has 0 heterocycles. The summed E-state index contributed by atoms with van der Waals surface area (Å²) in [7, 11) is 0. The van der Waals surface area contributed by atoms with Gasteiger partial charge in [0.05, 0.1) is 0 Å². The molecule has 0 saturated heterocycles. The number of benzene rings is 1. The van der Waals surface area contributed by atoms with Crippen molar-refractivity contribution in [2.45, 2.75) is 39.0 Å². The van der Waals surface area contributed by atoms with Gasteiger partial charge in [-0.1, -0.05) is 26.2 Å². The molecule has 1 nitrogen and oxygen atoms in total. The lowest BCUT2D eigenvalue weighted by Gasteiger charge is -2.32. The lowest BCUT2D eigenvalue weighted by Crippen LogP contribution is -2.30. The van der Waals surface area contributed by atoms with Crippen LogP contribution in [0.3, 0.4) is 0 Å². The van der Waals surface area contributed by atoms with Crippen LogP contribution in [0.25, 0.3) is 0 Å². The first-order valence-corrected chi connectivity index (χ1v) is 6.02. The van der Waals surface area contributed by atoms with Crippen molar-refractivity contribution in [1.82, 2.24) is 0 Å². The number of rotatable bonds is 2. The Morgan fingerprint density at radius 3 is 2.12 bits per heavy atom. The molecule has 0 aromatic heterocycles. The largest absolute Gasteiger partial charge is 0.294 e. The van der Waals surface area contributed by atoms with Crippen LogP contribution in [0.15, 0.2) is 18.2 Å². The summed E-state index contributed by atoms with van der Waals surface area (Å²) in [5.74, 6) is -1.50. The predicted molar refractivity (Wildman–Crippen MR) is 61.9 cm³/mol. The number of halogens is 2. The third-order valence-corrected chi connectivity index (χ3v) is 3.63. The fraction of sp³-hybridized carbons (Fsp3) is 0.500. The Morgan fingerprint density at radius 2 is 1.59 bits per heavy atom. The van der Waals surface area contributed by atoms with Crippen LogP contribution in [0.2, 0.25) is 0 Å². The quantitative estimate of drug-likeness (QED) is 0.708. The van der Waals surface area contributed by atoms with Crippen molar-refractivity contribution >= 4 is 5.78 Å². The van der Waals surface area contributed by atoms with Crippen molar-refractivity contribution in [1.29, 1.82) is 0 Å². The fourth-order valence-corrected chi connectivity index (χ4v) is 2.59. The molecule has 1 aliphatic rings. The summed E-state index contributed by atoms with van der Waals surface area (Å²) >= 11 is 0. The molecule has 1 aromatic rings. The van der Waals surface area contributed by atoms with Gasteiger partial charge in [0.2, 0.25) is 0 Å². The Labute approximate surface area is 99.8 Å². The van der Waals surface area contributed by atoms with E-state index in [1.165, 1.54) is 0 Å². The lowest BCUT2D eigenvalue weighted by atomic mass is 9.71. The van der Waals surface area contributed by atoms with Gasteiger partial charge in [0.15, 0.2) is 5.78 Å². The Kier molecular flexibility index (Phi) is 3.27. The summed E-state index contributed by atoms with van der Waals surface area (Å²) < 4.78 is 26.2. The zero-order valence-electron chi connectivity index (χ0n) is 9.93. The van der Waals surface area contributed by atoms with Gasteiger partial charge in [-0.2, -0.15) is 0 Å². The van der Waals surface area contributed by atoms with E-state index in [0.717, 1.165) is 50.3 Å². The average molecular weight is 238 g/mol. The van der Waals surface area contributed by atoms with E-state index >= 15 is 0 Å². The molecule has 0 N–H and O–H groups in total. The van der Waals surface area contributed by atoms with Crippen LogP contribution >= 0.6 is 0 Å². The maximum absolute atomic E-state index is 13.1. The molecule has 1 aromatic carbocycles. The number of Topliss-reactive ketones (excluding diaryl/α,β-unsaturated/α-hetero) is 1. The van der Waals surface area contributed by atoms with Crippen LogP contribution < -0.4 is 0 Å².